The highest BCUT2D eigenvalue weighted by molar-refractivity contribution is 6.40. The lowest BCUT2D eigenvalue weighted by atomic mass is 10.4. The number of carbonyl (C=O) groups is 1. The molecule has 0 aromatic carbocycles. The van der Waals surface area contributed by atoms with Crippen LogP contribution in [0.2, 0.25) is 0 Å². The van der Waals surface area contributed by atoms with E-state index in [9.17, 15) is 4.79 Å². The van der Waals surface area contributed by atoms with Gasteiger partial charge >= 0.3 is 0 Å². The van der Waals surface area contributed by atoms with E-state index in [1.165, 1.54) is 0 Å². The maximum Gasteiger partial charge on any atom is 0.295 e. The van der Waals surface area contributed by atoms with Crippen molar-refractivity contribution in [2.75, 3.05) is 0 Å². The molecule has 0 aliphatic carbocycles. The van der Waals surface area contributed by atoms with Crippen LogP contribution in [0.4, 0.5) is 0 Å². The summed E-state index contributed by atoms with van der Waals surface area (Å²) < 4.78 is 0. The Kier molecular flexibility index (Phi) is 1.07. The minimum atomic E-state index is -0.361. The molecular weight excluding hydrogens is 106 g/mol. The van der Waals surface area contributed by atoms with Gasteiger partial charge in [0, 0.05) is 0 Å². The van der Waals surface area contributed by atoms with Gasteiger partial charge in [-0.3, -0.25) is 4.79 Å². The Balaban J connectivity index is 2.80. The van der Waals surface area contributed by atoms with E-state index in [-0.39, 0.29) is 5.91 Å². The third-order valence-electron chi connectivity index (χ3n) is 0.706. The molecule has 8 heavy (non-hydrogen) atoms. The number of nitrogens with zero attached hydrogens (tertiary/aromatic N) is 3. The van der Waals surface area contributed by atoms with Gasteiger partial charge in [-0.05, 0) is 6.92 Å². The second-order valence-electron chi connectivity index (χ2n) is 1.30. The summed E-state index contributed by atoms with van der Waals surface area (Å²) in [6, 6.07) is 0. The molecule has 0 aromatic rings. The van der Waals surface area contributed by atoms with Gasteiger partial charge in [-0.2, -0.15) is 5.32 Å². The van der Waals surface area contributed by atoms with E-state index in [0.29, 0.717) is 5.71 Å². The first-order valence-electron chi connectivity index (χ1n) is 2.05. The number of hydrogen-bond acceptors (Lipinski definition) is 3. The SMILES string of the molecule is CC1=NN=[C][N]C1=O. The highest BCUT2D eigenvalue weighted by atomic mass is 16.2. The lowest BCUT2D eigenvalue weighted by Crippen LogP contribution is -2.24. The van der Waals surface area contributed by atoms with Gasteiger partial charge in [0.05, 0.1) is 0 Å². The third kappa shape index (κ3) is 0.726. The largest absolute Gasteiger partial charge is 0.295 e. The van der Waals surface area contributed by atoms with Gasteiger partial charge in [-0.1, -0.05) is 0 Å². The molecule has 0 saturated carbocycles. The van der Waals surface area contributed by atoms with Crippen LogP contribution >= 0.6 is 0 Å². The molecule has 0 N–H and O–H groups in total. The molecule has 0 atom stereocenters. The fourth-order valence-electron chi connectivity index (χ4n) is 0.289. The zero-order chi connectivity index (χ0) is 5.98. The zero-order valence-corrected chi connectivity index (χ0v) is 4.25. The van der Waals surface area contributed by atoms with Crippen molar-refractivity contribution in [3.8, 4) is 0 Å². The second kappa shape index (κ2) is 1.73. The Morgan fingerprint density at radius 3 is 2.75 bits per heavy atom. The Hall–Kier alpha value is -1.19. The van der Waals surface area contributed by atoms with Crippen molar-refractivity contribution in [1.29, 1.82) is 0 Å². The summed E-state index contributed by atoms with van der Waals surface area (Å²) in [5, 5.41) is 9.88. The lowest BCUT2D eigenvalue weighted by Gasteiger charge is -1.94. The molecule has 0 bridgehead atoms. The topological polar surface area (TPSA) is 55.9 Å². The van der Waals surface area contributed by atoms with Gasteiger partial charge in [0.15, 0.2) is 0 Å². The predicted molar refractivity (Wildman–Crippen MR) is 27.7 cm³/mol. The summed E-state index contributed by atoms with van der Waals surface area (Å²) in [6.07, 6.45) is 2.08. The van der Waals surface area contributed by atoms with E-state index >= 15 is 0 Å². The van der Waals surface area contributed by atoms with Gasteiger partial charge in [0.2, 0.25) is 6.34 Å². The van der Waals surface area contributed by atoms with Crippen LogP contribution in [0.3, 0.4) is 0 Å². The quantitative estimate of drug-likeness (QED) is 0.410. The van der Waals surface area contributed by atoms with E-state index < -0.39 is 0 Å². The van der Waals surface area contributed by atoms with E-state index in [0.717, 1.165) is 0 Å². The summed E-state index contributed by atoms with van der Waals surface area (Å²) in [7, 11) is 0. The van der Waals surface area contributed by atoms with Crippen LogP contribution in [0.25, 0.3) is 0 Å². The van der Waals surface area contributed by atoms with E-state index in [1.54, 1.807) is 6.92 Å². The maximum atomic E-state index is 10.4. The minimum absolute atomic E-state index is 0.309. The minimum Gasteiger partial charge on any atom is -0.265 e. The fourth-order valence-corrected chi connectivity index (χ4v) is 0.289. The lowest BCUT2D eigenvalue weighted by molar-refractivity contribution is -0.113. The predicted octanol–water partition coefficient (Wildman–Crippen LogP) is -0.588. The molecule has 2 radical (unpaired) electrons. The molecule has 40 valence electrons. The highest BCUT2D eigenvalue weighted by Gasteiger charge is 2.08. The monoisotopic (exact) mass is 109 g/mol. The Morgan fingerprint density at radius 1 is 1.62 bits per heavy atom. The molecule has 0 unspecified atom stereocenters. The first-order valence-corrected chi connectivity index (χ1v) is 2.05. The van der Waals surface area contributed by atoms with Crippen LogP contribution < -0.4 is 5.32 Å². The Labute approximate surface area is 46.3 Å². The highest BCUT2D eigenvalue weighted by Crippen LogP contribution is 1.83. The molecule has 1 aliphatic heterocycles. The molecule has 0 spiro atoms. The van der Waals surface area contributed by atoms with Crippen LogP contribution in [0, 0.1) is 0 Å². The molecular formula is C4H3N3O. The molecule has 0 aromatic heterocycles. The van der Waals surface area contributed by atoms with Crippen molar-refractivity contribution in [2.24, 2.45) is 10.2 Å². The van der Waals surface area contributed by atoms with Crippen molar-refractivity contribution in [3.05, 3.63) is 0 Å². The normalized spacial score (nSPS) is 17.6. The number of hydrogen-bond donors (Lipinski definition) is 0. The number of rotatable bonds is 0. The van der Waals surface area contributed by atoms with Crippen molar-refractivity contribution in [3.63, 3.8) is 0 Å². The van der Waals surface area contributed by atoms with Gasteiger partial charge in [0.25, 0.3) is 5.91 Å². The molecule has 0 saturated heterocycles. The Bertz CT molecular complexity index is 170. The molecule has 1 rings (SSSR count). The average molecular weight is 109 g/mol. The summed E-state index contributed by atoms with van der Waals surface area (Å²) >= 11 is 0. The standard InChI is InChI=1S/C4H3N3O/c1-3-4(8)5-2-6-7-3/h1H3. The first kappa shape index (κ1) is 4.96. The van der Waals surface area contributed by atoms with Crippen LogP contribution in [0.5, 0.6) is 0 Å². The molecule has 4 heteroatoms. The third-order valence-corrected chi connectivity index (χ3v) is 0.706. The van der Waals surface area contributed by atoms with Gasteiger partial charge in [-0.25, -0.2) is 0 Å². The van der Waals surface area contributed by atoms with E-state index in [2.05, 4.69) is 21.9 Å². The molecule has 4 nitrogen and oxygen atoms in total. The smallest absolute Gasteiger partial charge is 0.265 e. The van der Waals surface area contributed by atoms with Crippen LogP contribution in [0.1, 0.15) is 6.92 Å². The summed E-state index contributed by atoms with van der Waals surface area (Å²) in [4.78, 5) is 10.4. The molecule has 1 aliphatic rings. The van der Waals surface area contributed by atoms with Crippen molar-refractivity contribution in [2.45, 2.75) is 6.92 Å². The second-order valence-corrected chi connectivity index (χ2v) is 1.30. The zero-order valence-electron chi connectivity index (χ0n) is 4.25. The van der Waals surface area contributed by atoms with Crippen LogP contribution in [-0.2, 0) is 4.79 Å². The summed E-state index contributed by atoms with van der Waals surface area (Å²) in [6.45, 7) is 1.55. The van der Waals surface area contributed by atoms with Crippen molar-refractivity contribution >= 4 is 18.0 Å². The molecule has 0 fully saturated rings. The van der Waals surface area contributed by atoms with E-state index in [4.69, 9.17) is 0 Å². The first-order chi connectivity index (χ1) is 3.80. The Morgan fingerprint density at radius 2 is 2.38 bits per heavy atom. The van der Waals surface area contributed by atoms with Gasteiger partial charge in [0.1, 0.15) is 5.71 Å². The van der Waals surface area contributed by atoms with Gasteiger partial charge in [-0.15, -0.1) is 10.2 Å². The number of carbonyl (C=O) groups excluding carboxylic acids is 1. The summed E-state index contributed by atoms with van der Waals surface area (Å²) in [5.41, 5.74) is 0.309. The van der Waals surface area contributed by atoms with Crippen LogP contribution in [-0.4, -0.2) is 18.0 Å². The van der Waals surface area contributed by atoms with E-state index in [1.807, 2.05) is 0 Å². The van der Waals surface area contributed by atoms with Crippen molar-refractivity contribution in [1.82, 2.24) is 5.32 Å². The van der Waals surface area contributed by atoms with Gasteiger partial charge < -0.3 is 0 Å². The van der Waals surface area contributed by atoms with Crippen LogP contribution in [0.15, 0.2) is 10.2 Å². The maximum absolute atomic E-state index is 10.4. The number of amides is 1. The fraction of sp³-hybridized carbons (Fsp3) is 0.250. The summed E-state index contributed by atoms with van der Waals surface area (Å²) in [5.74, 6) is -0.361. The molecule has 1 heterocycles. The molecule has 1 amide bonds. The average Bonchev–Trinajstić information content (AvgIpc) is 1.77. The van der Waals surface area contributed by atoms with Crippen molar-refractivity contribution < 1.29 is 4.79 Å².